The smallest absolute Gasteiger partial charge is 0.264 e. The van der Waals surface area contributed by atoms with Gasteiger partial charge in [-0.1, -0.05) is 35.9 Å². The van der Waals surface area contributed by atoms with Gasteiger partial charge in [0.05, 0.1) is 17.7 Å². The molecule has 0 bridgehead atoms. The van der Waals surface area contributed by atoms with Gasteiger partial charge in [-0.15, -0.1) is 0 Å². The van der Waals surface area contributed by atoms with Gasteiger partial charge in [0.25, 0.3) is 10.0 Å². The molecule has 0 saturated carbocycles. The highest BCUT2D eigenvalue weighted by molar-refractivity contribution is 7.92. The summed E-state index contributed by atoms with van der Waals surface area (Å²) in [5.74, 6) is 0.410. The van der Waals surface area contributed by atoms with E-state index in [-0.39, 0.29) is 23.8 Å². The maximum absolute atomic E-state index is 13.3. The second kappa shape index (κ2) is 9.45. The molecule has 0 fully saturated rings. The van der Waals surface area contributed by atoms with Gasteiger partial charge in [-0.3, -0.25) is 9.10 Å². The molecule has 0 aliphatic carbocycles. The monoisotopic (exact) mass is 424 g/mol. The number of anilines is 2. The Balaban J connectivity index is 1.78. The van der Waals surface area contributed by atoms with Gasteiger partial charge < -0.3 is 10.1 Å². The number of ether oxygens (including phenoxy) is 1. The Labute approximate surface area is 177 Å². The standard InChI is InChI=1S/C23H24N2O4S/c1-18-8-14-22(15-9-18)30(27,28)25(20-6-4-3-5-7-20)17-16-23(26)24-19-10-12-21(29-2)13-11-19/h3-15H,16-17H2,1-2H3,(H,24,26). The Morgan fingerprint density at radius 1 is 0.933 bits per heavy atom. The summed E-state index contributed by atoms with van der Waals surface area (Å²) in [6.07, 6.45) is 0.00597. The Morgan fingerprint density at radius 2 is 1.57 bits per heavy atom. The molecule has 0 unspecified atom stereocenters. The molecule has 0 heterocycles. The fourth-order valence-corrected chi connectivity index (χ4v) is 4.39. The highest BCUT2D eigenvalue weighted by Gasteiger charge is 2.25. The molecular formula is C23H24N2O4S. The number of nitrogens with zero attached hydrogens (tertiary/aromatic N) is 1. The zero-order chi connectivity index (χ0) is 21.6. The summed E-state index contributed by atoms with van der Waals surface area (Å²) in [5, 5.41) is 2.78. The van der Waals surface area contributed by atoms with Crippen LogP contribution in [0.3, 0.4) is 0 Å². The molecule has 3 aromatic rings. The Bertz CT molecular complexity index is 1080. The minimum Gasteiger partial charge on any atom is -0.497 e. The predicted octanol–water partition coefficient (Wildman–Crippen LogP) is 4.23. The van der Waals surface area contributed by atoms with E-state index in [9.17, 15) is 13.2 Å². The lowest BCUT2D eigenvalue weighted by Gasteiger charge is -2.24. The fraction of sp³-hybridized carbons (Fsp3) is 0.174. The molecule has 1 amide bonds. The van der Waals surface area contributed by atoms with Crippen molar-refractivity contribution in [2.75, 3.05) is 23.3 Å². The number of hydrogen-bond donors (Lipinski definition) is 1. The average molecular weight is 425 g/mol. The van der Waals surface area contributed by atoms with Crippen LogP contribution in [0.25, 0.3) is 0 Å². The van der Waals surface area contributed by atoms with E-state index in [1.165, 1.54) is 4.31 Å². The summed E-state index contributed by atoms with van der Waals surface area (Å²) in [6, 6.07) is 22.4. The molecule has 0 aliphatic rings. The SMILES string of the molecule is COc1ccc(NC(=O)CCN(c2ccccc2)S(=O)(=O)c2ccc(C)cc2)cc1. The predicted molar refractivity (Wildman–Crippen MR) is 118 cm³/mol. The summed E-state index contributed by atoms with van der Waals surface area (Å²) in [5.41, 5.74) is 2.10. The number of hydrogen-bond acceptors (Lipinski definition) is 4. The van der Waals surface area contributed by atoms with Gasteiger partial charge in [0.2, 0.25) is 5.91 Å². The van der Waals surface area contributed by atoms with Gasteiger partial charge in [-0.2, -0.15) is 0 Å². The largest absolute Gasteiger partial charge is 0.497 e. The zero-order valence-electron chi connectivity index (χ0n) is 16.9. The highest BCUT2D eigenvalue weighted by atomic mass is 32.2. The minimum atomic E-state index is -3.81. The van der Waals surface area contributed by atoms with Crippen LogP contribution in [0.5, 0.6) is 5.75 Å². The zero-order valence-corrected chi connectivity index (χ0v) is 17.7. The second-order valence-corrected chi connectivity index (χ2v) is 8.61. The van der Waals surface area contributed by atoms with Crippen molar-refractivity contribution in [3.8, 4) is 5.75 Å². The maximum atomic E-state index is 13.3. The number of para-hydroxylation sites is 1. The van der Waals surface area contributed by atoms with E-state index in [2.05, 4.69) is 5.32 Å². The van der Waals surface area contributed by atoms with Crippen molar-refractivity contribution in [1.82, 2.24) is 0 Å². The minimum absolute atomic E-state index is 0.00597. The van der Waals surface area contributed by atoms with Crippen LogP contribution >= 0.6 is 0 Å². The van der Waals surface area contributed by atoms with E-state index in [4.69, 9.17) is 4.74 Å². The lowest BCUT2D eigenvalue weighted by atomic mass is 10.2. The van der Waals surface area contributed by atoms with Crippen LogP contribution in [-0.4, -0.2) is 28.0 Å². The second-order valence-electron chi connectivity index (χ2n) is 6.75. The number of carbonyl (C=O) groups excluding carboxylic acids is 1. The topological polar surface area (TPSA) is 75.7 Å². The van der Waals surface area contributed by atoms with Crippen LogP contribution in [0, 0.1) is 6.92 Å². The first kappa shape index (κ1) is 21.4. The number of amides is 1. The molecule has 3 aromatic carbocycles. The first-order chi connectivity index (χ1) is 14.4. The molecule has 0 radical (unpaired) electrons. The quantitative estimate of drug-likeness (QED) is 0.587. The van der Waals surface area contributed by atoms with Crippen LogP contribution in [0.1, 0.15) is 12.0 Å². The third-order valence-corrected chi connectivity index (χ3v) is 6.41. The van der Waals surface area contributed by atoms with E-state index in [0.29, 0.717) is 17.1 Å². The highest BCUT2D eigenvalue weighted by Crippen LogP contribution is 2.24. The van der Waals surface area contributed by atoms with Crippen LogP contribution < -0.4 is 14.4 Å². The molecule has 156 valence electrons. The van der Waals surface area contributed by atoms with Crippen molar-refractivity contribution in [2.45, 2.75) is 18.2 Å². The van der Waals surface area contributed by atoms with E-state index < -0.39 is 10.0 Å². The van der Waals surface area contributed by atoms with Gasteiger partial charge >= 0.3 is 0 Å². The van der Waals surface area contributed by atoms with Gasteiger partial charge in [-0.05, 0) is 55.5 Å². The van der Waals surface area contributed by atoms with Crippen molar-refractivity contribution in [2.24, 2.45) is 0 Å². The number of aryl methyl sites for hydroxylation is 1. The molecule has 6 nitrogen and oxygen atoms in total. The number of nitrogens with one attached hydrogen (secondary N) is 1. The average Bonchev–Trinajstić information content (AvgIpc) is 2.75. The molecular weight excluding hydrogens is 400 g/mol. The Kier molecular flexibility index (Phi) is 6.74. The van der Waals surface area contributed by atoms with Gasteiger partial charge in [0, 0.05) is 18.7 Å². The first-order valence-electron chi connectivity index (χ1n) is 9.48. The summed E-state index contributed by atoms with van der Waals surface area (Å²) in [4.78, 5) is 12.6. The van der Waals surface area contributed by atoms with Crippen molar-refractivity contribution in [1.29, 1.82) is 0 Å². The lowest BCUT2D eigenvalue weighted by molar-refractivity contribution is -0.116. The number of rotatable bonds is 8. The number of carbonyl (C=O) groups is 1. The Morgan fingerprint density at radius 3 is 2.17 bits per heavy atom. The van der Waals surface area contributed by atoms with E-state index in [1.54, 1.807) is 79.9 Å². The maximum Gasteiger partial charge on any atom is 0.264 e. The number of sulfonamides is 1. The van der Waals surface area contributed by atoms with Crippen molar-refractivity contribution < 1.29 is 17.9 Å². The van der Waals surface area contributed by atoms with Crippen LogP contribution in [0.4, 0.5) is 11.4 Å². The molecule has 0 saturated heterocycles. The third kappa shape index (κ3) is 5.18. The molecule has 30 heavy (non-hydrogen) atoms. The molecule has 7 heteroatoms. The fourth-order valence-electron chi connectivity index (χ4n) is 2.92. The molecule has 0 spiro atoms. The molecule has 1 N–H and O–H groups in total. The van der Waals surface area contributed by atoms with Crippen LogP contribution in [0.15, 0.2) is 83.8 Å². The normalized spacial score (nSPS) is 11.0. The van der Waals surface area contributed by atoms with Crippen LogP contribution in [0.2, 0.25) is 0 Å². The van der Waals surface area contributed by atoms with Crippen molar-refractivity contribution >= 4 is 27.3 Å². The van der Waals surface area contributed by atoms with Gasteiger partial charge in [-0.25, -0.2) is 8.42 Å². The first-order valence-corrected chi connectivity index (χ1v) is 10.9. The third-order valence-electron chi connectivity index (χ3n) is 4.57. The summed E-state index contributed by atoms with van der Waals surface area (Å²) in [7, 11) is -2.24. The van der Waals surface area contributed by atoms with Crippen molar-refractivity contribution in [3.63, 3.8) is 0 Å². The summed E-state index contributed by atoms with van der Waals surface area (Å²) in [6.45, 7) is 1.91. The lowest BCUT2D eigenvalue weighted by Crippen LogP contribution is -2.34. The molecule has 0 aliphatic heterocycles. The summed E-state index contributed by atoms with van der Waals surface area (Å²) < 4.78 is 32.9. The van der Waals surface area contributed by atoms with E-state index in [0.717, 1.165) is 5.56 Å². The van der Waals surface area contributed by atoms with E-state index in [1.807, 2.05) is 13.0 Å². The van der Waals surface area contributed by atoms with Crippen molar-refractivity contribution in [3.05, 3.63) is 84.4 Å². The Hall–Kier alpha value is -3.32. The molecule has 0 aromatic heterocycles. The number of benzene rings is 3. The van der Waals surface area contributed by atoms with E-state index >= 15 is 0 Å². The summed E-state index contributed by atoms with van der Waals surface area (Å²) >= 11 is 0. The molecule has 0 atom stereocenters. The van der Waals surface area contributed by atoms with Gasteiger partial charge in [0.15, 0.2) is 0 Å². The number of methoxy groups -OCH3 is 1. The molecule has 3 rings (SSSR count). The van der Waals surface area contributed by atoms with Gasteiger partial charge in [0.1, 0.15) is 5.75 Å². The van der Waals surface area contributed by atoms with Crippen LogP contribution in [-0.2, 0) is 14.8 Å².